The lowest BCUT2D eigenvalue weighted by atomic mass is 10.0. The van der Waals surface area contributed by atoms with Crippen molar-refractivity contribution in [2.45, 2.75) is 32.9 Å². The third-order valence-electron chi connectivity index (χ3n) is 1.36. The molecule has 1 aliphatic rings. The molecule has 0 unspecified atom stereocenters. The topological polar surface area (TPSA) is 49.4 Å². The summed E-state index contributed by atoms with van der Waals surface area (Å²) >= 11 is 0. The summed E-state index contributed by atoms with van der Waals surface area (Å²) in [5.41, 5.74) is -0.367. The Balaban J connectivity index is 2.53. The molecule has 0 saturated heterocycles. The number of rotatable bonds is 2. The average Bonchev–Trinajstić information content (AvgIpc) is 2.12. The summed E-state index contributed by atoms with van der Waals surface area (Å²) in [6, 6.07) is 0. The van der Waals surface area contributed by atoms with Crippen molar-refractivity contribution < 1.29 is 0 Å². The molecule has 0 amide bonds. The van der Waals surface area contributed by atoms with Crippen LogP contribution in [0.4, 0.5) is 0 Å². The Bertz CT molecular complexity index is 159. The zero-order valence-electron chi connectivity index (χ0n) is 6.57. The summed E-state index contributed by atoms with van der Waals surface area (Å²) in [5.74, 6) is 0.584. The summed E-state index contributed by atoms with van der Waals surface area (Å²) in [5, 5.41) is 14.7. The van der Waals surface area contributed by atoms with Crippen molar-refractivity contribution in [3.8, 4) is 0 Å². The molecule has 0 spiro atoms. The molecule has 4 heteroatoms. The zero-order valence-corrected chi connectivity index (χ0v) is 6.57. The highest BCUT2D eigenvalue weighted by molar-refractivity contribution is 4.79. The second kappa shape index (κ2) is 2.44. The van der Waals surface area contributed by atoms with Crippen molar-refractivity contribution >= 4 is 0 Å². The molecule has 0 saturated carbocycles. The summed E-state index contributed by atoms with van der Waals surface area (Å²) < 4.78 is 0. The van der Waals surface area contributed by atoms with Crippen molar-refractivity contribution in [1.29, 1.82) is 0 Å². The summed E-state index contributed by atoms with van der Waals surface area (Å²) in [7, 11) is 0. The van der Waals surface area contributed by atoms with Crippen molar-refractivity contribution in [2.24, 2.45) is 26.6 Å². The van der Waals surface area contributed by atoms with Gasteiger partial charge in [-0.3, -0.25) is 0 Å². The maximum atomic E-state index is 3.90. The van der Waals surface area contributed by atoms with E-state index in [0.717, 1.165) is 6.42 Å². The molecule has 0 N–H and O–H groups in total. The Labute approximate surface area is 60.4 Å². The van der Waals surface area contributed by atoms with E-state index < -0.39 is 0 Å². The summed E-state index contributed by atoms with van der Waals surface area (Å²) in [4.78, 5) is 0. The molecule has 4 nitrogen and oxygen atoms in total. The van der Waals surface area contributed by atoms with Crippen molar-refractivity contribution in [3.63, 3.8) is 0 Å². The monoisotopic (exact) mass is 140 g/mol. The molecule has 0 bridgehead atoms. The van der Waals surface area contributed by atoms with E-state index in [-0.39, 0.29) is 5.66 Å². The maximum Gasteiger partial charge on any atom is 0.192 e. The van der Waals surface area contributed by atoms with E-state index in [0.29, 0.717) is 5.92 Å². The number of nitrogens with zero attached hydrogens (tertiary/aromatic N) is 4. The van der Waals surface area contributed by atoms with E-state index in [9.17, 15) is 0 Å². The molecule has 0 aliphatic carbocycles. The quantitative estimate of drug-likeness (QED) is 0.566. The highest BCUT2D eigenvalue weighted by Crippen LogP contribution is 2.26. The van der Waals surface area contributed by atoms with Gasteiger partial charge in [0.15, 0.2) is 5.66 Å². The molecule has 0 aromatic heterocycles. The molecular formula is C6H12N4. The molecule has 10 heavy (non-hydrogen) atoms. The normalized spacial score (nSPS) is 20.8. The van der Waals surface area contributed by atoms with Gasteiger partial charge in [-0.15, -0.1) is 10.2 Å². The Hall–Kier alpha value is -0.800. The molecular weight excluding hydrogens is 128 g/mol. The summed E-state index contributed by atoms with van der Waals surface area (Å²) in [6.45, 7) is 6.20. The Morgan fingerprint density at radius 1 is 1.20 bits per heavy atom. The molecule has 56 valence electrons. The fourth-order valence-corrected chi connectivity index (χ4v) is 1.11. The number of hydrogen-bond acceptors (Lipinski definition) is 4. The first-order valence-corrected chi connectivity index (χ1v) is 3.46. The second-order valence-corrected chi connectivity index (χ2v) is 3.19. The van der Waals surface area contributed by atoms with Gasteiger partial charge >= 0.3 is 0 Å². The van der Waals surface area contributed by atoms with Gasteiger partial charge in [0.2, 0.25) is 0 Å². The lowest BCUT2D eigenvalue weighted by Crippen LogP contribution is -2.18. The van der Waals surface area contributed by atoms with Gasteiger partial charge in [0.25, 0.3) is 0 Å². The van der Waals surface area contributed by atoms with Crippen LogP contribution in [-0.2, 0) is 0 Å². The molecule has 1 rings (SSSR count). The van der Waals surface area contributed by atoms with E-state index in [2.05, 4.69) is 34.5 Å². The van der Waals surface area contributed by atoms with E-state index in [4.69, 9.17) is 0 Å². The molecule has 0 radical (unpaired) electrons. The third-order valence-corrected chi connectivity index (χ3v) is 1.36. The van der Waals surface area contributed by atoms with Gasteiger partial charge in [0.1, 0.15) is 0 Å². The SMILES string of the molecule is CC(C)CC1(C)N=NN=N1. The molecule has 0 aromatic carbocycles. The van der Waals surface area contributed by atoms with E-state index >= 15 is 0 Å². The lowest BCUT2D eigenvalue weighted by Gasteiger charge is -2.14. The Morgan fingerprint density at radius 2 is 1.70 bits per heavy atom. The predicted octanol–water partition coefficient (Wildman–Crippen LogP) is 2.58. The second-order valence-electron chi connectivity index (χ2n) is 3.19. The highest BCUT2D eigenvalue weighted by Gasteiger charge is 2.27. The maximum absolute atomic E-state index is 3.90. The largest absolute Gasteiger partial charge is 0.192 e. The Morgan fingerprint density at radius 3 is 2.10 bits per heavy atom. The van der Waals surface area contributed by atoms with Gasteiger partial charge in [-0.25, -0.2) is 0 Å². The smallest absolute Gasteiger partial charge is 0.135 e. The van der Waals surface area contributed by atoms with Crippen LogP contribution in [0.15, 0.2) is 20.7 Å². The standard InChI is InChI=1S/C6H12N4/c1-5(2)4-6(3)7-9-10-8-6/h5H,4H2,1-3H3. The minimum atomic E-state index is -0.367. The van der Waals surface area contributed by atoms with Gasteiger partial charge < -0.3 is 0 Å². The van der Waals surface area contributed by atoms with E-state index in [1.807, 2.05) is 6.92 Å². The zero-order chi connectivity index (χ0) is 7.61. The first-order valence-electron chi connectivity index (χ1n) is 3.46. The predicted molar refractivity (Wildman–Crippen MR) is 37.6 cm³/mol. The van der Waals surface area contributed by atoms with Crippen LogP contribution in [0, 0.1) is 5.92 Å². The highest BCUT2D eigenvalue weighted by atomic mass is 15.6. The summed E-state index contributed by atoms with van der Waals surface area (Å²) in [6.07, 6.45) is 0.917. The van der Waals surface area contributed by atoms with E-state index in [1.165, 1.54) is 0 Å². The molecule has 0 atom stereocenters. The molecule has 1 aliphatic heterocycles. The van der Waals surface area contributed by atoms with Crippen LogP contribution in [0.2, 0.25) is 0 Å². The average molecular weight is 140 g/mol. The minimum absolute atomic E-state index is 0.367. The Kier molecular flexibility index (Phi) is 1.78. The molecule has 1 heterocycles. The third kappa shape index (κ3) is 1.59. The first-order chi connectivity index (χ1) is 4.62. The van der Waals surface area contributed by atoms with Crippen LogP contribution in [0.1, 0.15) is 27.2 Å². The van der Waals surface area contributed by atoms with Gasteiger partial charge in [-0.05, 0) is 29.7 Å². The van der Waals surface area contributed by atoms with Crippen LogP contribution >= 0.6 is 0 Å². The van der Waals surface area contributed by atoms with Crippen LogP contribution in [-0.4, -0.2) is 5.66 Å². The van der Waals surface area contributed by atoms with Gasteiger partial charge in [0.05, 0.1) is 0 Å². The molecule has 0 aromatic rings. The molecule has 0 fully saturated rings. The van der Waals surface area contributed by atoms with Crippen LogP contribution in [0.5, 0.6) is 0 Å². The van der Waals surface area contributed by atoms with Crippen molar-refractivity contribution in [3.05, 3.63) is 0 Å². The fraction of sp³-hybridized carbons (Fsp3) is 1.00. The van der Waals surface area contributed by atoms with Crippen LogP contribution in [0.3, 0.4) is 0 Å². The van der Waals surface area contributed by atoms with E-state index in [1.54, 1.807) is 0 Å². The van der Waals surface area contributed by atoms with Crippen molar-refractivity contribution in [2.75, 3.05) is 0 Å². The lowest BCUT2D eigenvalue weighted by molar-refractivity contribution is 0.382. The van der Waals surface area contributed by atoms with Gasteiger partial charge in [-0.2, -0.15) is 0 Å². The van der Waals surface area contributed by atoms with Crippen molar-refractivity contribution in [1.82, 2.24) is 0 Å². The van der Waals surface area contributed by atoms with Gasteiger partial charge in [-0.1, -0.05) is 13.8 Å². The van der Waals surface area contributed by atoms with Gasteiger partial charge in [0, 0.05) is 0 Å². The fourth-order valence-electron chi connectivity index (χ4n) is 1.11. The van der Waals surface area contributed by atoms with Crippen LogP contribution in [0.25, 0.3) is 0 Å². The van der Waals surface area contributed by atoms with Crippen LogP contribution < -0.4 is 0 Å². The minimum Gasteiger partial charge on any atom is -0.135 e. The number of hydrogen-bond donors (Lipinski definition) is 0. The first kappa shape index (κ1) is 7.31.